The van der Waals surface area contributed by atoms with Crippen molar-refractivity contribution in [3.8, 4) is 56.4 Å². The molecule has 0 spiro atoms. The Morgan fingerprint density at radius 2 is 0.860 bits per heavy atom. The molecule has 7 aromatic carbocycles. The van der Waals surface area contributed by atoms with Gasteiger partial charge in [0.2, 0.25) is 0 Å². The Morgan fingerprint density at radius 1 is 0.360 bits per heavy atom. The molecule has 0 atom stereocenters. The fraction of sp³-hybridized carbons (Fsp3) is 0. The van der Waals surface area contributed by atoms with E-state index in [-0.39, 0.29) is 72.5 Å². The Hall–Kier alpha value is -6.85. The van der Waals surface area contributed by atoms with Crippen molar-refractivity contribution in [3.63, 3.8) is 0 Å². The van der Waals surface area contributed by atoms with Crippen LogP contribution in [-0.2, 0) is 0 Å². The molecule has 0 amide bonds. The number of nitrogens with zero attached hydrogens (tertiary/aromatic N) is 3. The van der Waals surface area contributed by atoms with E-state index in [1.165, 1.54) is 0 Å². The number of fused-ring (bicyclic) bond motifs is 6. The Balaban J connectivity index is 1.23. The van der Waals surface area contributed by atoms with E-state index in [0.29, 0.717) is 5.56 Å². The van der Waals surface area contributed by atoms with Crippen molar-refractivity contribution in [2.75, 3.05) is 0 Å². The first-order valence-corrected chi connectivity index (χ1v) is 15.5. The topological polar surface area (TPSA) is 65.0 Å². The van der Waals surface area contributed by atoms with Crippen LogP contribution in [0.15, 0.2) is 172 Å². The summed E-state index contributed by atoms with van der Waals surface area (Å²) in [5, 5.41) is -0.745. The molecule has 0 aliphatic carbocycles. The van der Waals surface area contributed by atoms with Crippen molar-refractivity contribution in [1.82, 2.24) is 15.0 Å². The largest absolute Gasteiger partial charge is 0.456 e. The standard InChI is InChI=1S/C45H27N3O2/c1-2-9-28(10-3-1)31-11-8-12-32(25-31)29-17-19-30(20-18-29)43-46-44(33-22-24-41-38(26-33)36-14-5-7-16-40(36)49-41)48-45(47-43)34-21-23-37-35-13-4-6-15-39(35)50-42(37)27-34/h1-27H/i4D,5D,6D,7D,13D,14D,15D,16D,21D,22D,23D,24D,26D,27D. The zero-order chi connectivity index (χ0) is 45.2. The Bertz CT molecular complexity index is 3670. The second-order valence-electron chi connectivity index (χ2n) is 11.4. The number of rotatable bonds is 5. The van der Waals surface area contributed by atoms with E-state index >= 15 is 0 Å². The van der Waals surface area contributed by atoms with E-state index in [1.54, 1.807) is 12.1 Å². The lowest BCUT2D eigenvalue weighted by Crippen LogP contribution is -2.00. The van der Waals surface area contributed by atoms with Crippen LogP contribution in [0.3, 0.4) is 0 Å². The van der Waals surface area contributed by atoms with Crippen LogP contribution in [0.2, 0.25) is 0 Å². The number of benzene rings is 7. The molecular formula is C45H27N3O2. The normalized spacial score (nSPS) is 15.5. The van der Waals surface area contributed by atoms with Crippen LogP contribution in [0.4, 0.5) is 0 Å². The molecule has 5 heteroatoms. The molecule has 50 heavy (non-hydrogen) atoms. The number of para-hydroxylation sites is 2. The molecule has 0 saturated heterocycles. The predicted octanol–water partition coefficient (Wildman–Crippen LogP) is 12.0. The molecule has 0 fully saturated rings. The molecule has 5 nitrogen and oxygen atoms in total. The summed E-state index contributed by atoms with van der Waals surface area (Å²) < 4.78 is 134. The van der Waals surface area contributed by atoms with Crippen LogP contribution < -0.4 is 0 Å². The first-order chi connectivity index (χ1) is 30.6. The van der Waals surface area contributed by atoms with Gasteiger partial charge in [0.1, 0.15) is 22.3 Å². The molecule has 10 aromatic rings. The summed E-state index contributed by atoms with van der Waals surface area (Å²) in [6, 6.07) is 17.1. The average Bonchev–Trinajstić information content (AvgIpc) is 3.92. The van der Waals surface area contributed by atoms with E-state index in [2.05, 4.69) is 15.0 Å². The zero-order valence-electron chi connectivity index (χ0n) is 39.7. The SMILES string of the molecule is [2H]c1c([2H])c([2H])c2c(oc3c([2H])c(-c4nc(-c5ccc(-c6cccc(-c7ccccc7)c6)cc5)nc(-c5c([2H])c([2H])c6oc7c([2H])c([2H])c([2H])c([2H])c7c6c5[2H])n4)c([2H])c([2H])c32)c1[2H]. The van der Waals surface area contributed by atoms with Gasteiger partial charge in [0.15, 0.2) is 17.5 Å². The molecule has 3 heterocycles. The first-order valence-electron chi connectivity index (χ1n) is 22.5. The molecule has 10 rings (SSSR count). The third-order valence-corrected chi connectivity index (χ3v) is 8.30. The summed E-state index contributed by atoms with van der Waals surface area (Å²) in [4.78, 5) is 13.9. The van der Waals surface area contributed by atoms with Gasteiger partial charge in [-0.05, 0) is 70.6 Å². The fourth-order valence-corrected chi connectivity index (χ4v) is 5.87. The smallest absolute Gasteiger partial charge is 0.164 e. The minimum absolute atomic E-state index is 0.0661. The van der Waals surface area contributed by atoms with E-state index in [1.807, 2.05) is 66.7 Å². The Labute approximate surface area is 306 Å². The van der Waals surface area contributed by atoms with E-state index in [4.69, 9.17) is 23.9 Å². The minimum Gasteiger partial charge on any atom is -0.456 e. The minimum atomic E-state index is -0.603. The van der Waals surface area contributed by atoms with Gasteiger partial charge >= 0.3 is 0 Å². The second kappa shape index (κ2) is 11.4. The molecule has 0 saturated carbocycles. The highest BCUT2D eigenvalue weighted by atomic mass is 16.3. The van der Waals surface area contributed by atoms with Gasteiger partial charge in [0.05, 0.1) is 19.2 Å². The van der Waals surface area contributed by atoms with Gasteiger partial charge < -0.3 is 8.83 Å². The monoisotopic (exact) mass is 655 g/mol. The van der Waals surface area contributed by atoms with E-state index < -0.39 is 84.6 Å². The van der Waals surface area contributed by atoms with Crippen LogP contribution in [-0.4, -0.2) is 15.0 Å². The van der Waals surface area contributed by atoms with Crippen LogP contribution in [0, 0.1) is 0 Å². The fourth-order valence-electron chi connectivity index (χ4n) is 5.87. The van der Waals surface area contributed by atoms with Crippen LogP contribution >= 0.6 is 0 Å². The quantitative estimate of drug-likeness (QED) is 0.185. The van der Waals surface area contributed by atoms with E-state index in [9.17, 15) is 4.11 Å². The second-order valence-corrected chi connectivity index (χ2v) is 11.4. The molecular weight excluding hydrogens is 615 g/mol. The maximum atomic E-state index is 9.42. The number of furan rings is 2. The van der Waals surface area contributed by atoms with Gasteiger partial charge in [-0.3, -0.25) is 0 Å². The van der Waals surface area contributed by atoms with E-state index in [0.717, 1.165) is 22.3 Å². The summed E-state index contributed by atoms with van der Waals surface area (Å²) in [7, 11) is 0. The van der Waals surface area contributed by atoms with Gasteiger partial charge in [-0.25, -0.2) is 15.0 Å². The predicted molar refractivity (Wildman–Crippen MR) is 202 cm³/mol. The highest BCUT2D eigenvalue weighted by Gasteiger charge is 2.16. The maximum Gasteiger partial charge on any atom is 0.164 e. The van der Waals surface area contributed by atoms with Crippen molar-refractivity contribution < 1.29 is 28.0 Å². The van der Waals surface area contributed by atoms with Crippen molar-refractivity contribution in [3.05, 3.63) is 163 Å². The van der Waals surface area contributed by atoms with Crippen LogP contribution in [0.25, 0.3) is 100 Å². The summed E-state index contributed by atoms with van der Waals surface area (Å²) in [5.74, 6) is -0.826. The van der Waals surface area contributed by atoms with Gasteiger partial charge in [-0.15, -0.1) is 0 Å². The number of hydrogen-bond donors (Lipinski definition) is 0. The molecule has 0 aliphatic rings. The molecule has 0 unspecified atom stereocenters. The van der Waals surface area contributed by atoms with Crippen molar-refractivity contribution in [1.29, 1.82) is 0 Å². The lowest BCUT2D eigenvalue weighted by Gasteiger charge is -2.10. The zero-order valence-corrected chi connectivity index (χ0v) is 25.7. The summed E-state index contributed by atoms with van der Waals surface area (Å²) in [5.41, 5.74) is 2.17. The van der Waals surface area contributed by atoms with Gasteiger partial charge in [0.25, 0.3) is 0 Å². The molecule has 0 radical (unpaired) electrons. The lowest BCUT2D eigenvalue weighted by atomic mass is 9.98. The van der Waals surface area contributed by atoms with Gasteiger partial charge in [0, 0.05) is 38.2 Å². The molecule has 234 valence electrons. The number of hydrogen-bond acceptors (Lipinski definition) is 5. The van der Waals surface area contributed by atoms with Crippen molar-refractivity contribution >= 4 is 43.9 Å². The number of aromatic nitrogens is 3. The first kappa shape index (κ1) is 17.5. The molecule has 3 aromatic heterocycles. The molecule has 0 aliphatic heterocycles. The Kier molecular flexibility index (Phi) is 3.99. The third-order valence-electron chi connectivity index (χ3n) is 8.30. The van der Waals surface area contributed by atoms with Gasteiger partial charge in [-0.2, -0.15) is 0 Å². The summed E-state index contributed by atoms with van der Waals surface area (Å²) >= 11 is 0. The lowest BCUT2D eigenvalue weighted by molar-refractivity contribution is 0.668. The third kappa shape index (κ3) is 4.83. The van der Waals surface area contributed by atoms with Gasteiger partial charge in [-0.1, -0.05) is 115 Å². The highest BCUT2D eigenvalue weighted by Crippen LogP contribution is 2.35. The maximum absolute atomic E-state index is 9.42. The molecule has 0 bridgehead atoms. The average molecular weight is 656 g/mol. The van der Waals surface area contributed by atoms with Crippen LogP contribution in [0.1, 0.15) is 19.2 Å². The van der Waals surface area contributed by atoms with Crippen molar-refractivity contribution in [2.24, 2.45) is 0 Å². The highest BCUT2D eigenvalue weighted by molar-refractivity contribution is 6.07. The Morgan fingerprint density at radius 3 is 1.58 bits per heavy atom. The summed E-state index contributed by atoms with van der Waals surface area (Å²) in [6.45, 7) is 0. The van der Waals surface area contributed by atoms with Crippen molar-refractivity contribution in [2.45, 2.75) is 0 Å². The summed E-state index contributed by atoms with van der Waals surface area (Å²) in [6.07, 6.45) is 0. The molecule has 0 N–H and O–H groups in total. The van der Waals surface area contributed by atoms with Crippen LogP contribution in [0.5, 0.6) is 0 Å².